The molecule has 2 unspecified atom stereocenters. The average Bonchev–Trinajstić information content (AvgIpc) is 2.27. The molecular formula is C12H20O4. The molecule has 1 aliphatic rings. The predicted molar refractivity (Wildman–Crippen MR) is 59.0 cm³/mol. The third-order valence-electron chi connectivity index (χ3n) is 2.83. The summed E-state index contributed by atoms with van der Waals surface area (Å²) in [5, 5.41) is 0. The number of ketones is 1. The van der Waals surface area contributed by atoms with E-state index in [9.17, 15) is 9.59 Å². The maximum absolute atomic E-state index is 11.6. The molecule has 0 spiro atoms. The molecule has 4 heteroatoms. The van der Waals surface area contributed by atoms with Crippen molar-refractivity contribution in [3.63, 3.8) is 0 Å². The zero-order valence-electron chi connectivity index (χ0n) is 10.0. The number of hydrogen-bond donors (Lipinski definition) is 0. The number of hydrogen-bond acceptors (Lipinski definition) is 4. The highest BCUT2D eigenvalue weighted by atomic mass is 16.5. The molecule has 0 aliphatic carbocycles. The zero-order valence-corrected chi connectivity index (χ0v) is 10.0. The Kier molecular flexibility index (Phi) is 5.46. The minimum absolute atomic E-state index is 0.0343. The van der Waals surface area contributed by atoms with E-state index in [1.165, 1.54) is 6.92 Å². The van der Waals surface area contributed by atoms with E-state index in [1.807, 2.05) is 0 Å². The van der Waals surface area contributed by atoms with E-state index in [0.717, 1.165) is 25.9 Å². The van der Waals surface area contributed by atoms with Crippen molar-refractivity contribution < 1.29 is 19.1 Å². The smallest absolute Gasteiger partial charge is 0.316 e. The van der Waals surface area contributed by atoms with Gasteiger partial charge in [-0.25, -0.2) is 0 Å². The first kappa shape index (κ1) is 13.2. The molecule has 0 aromatic carbocycles. The summed E-state index contributed by atoms with van der Waals surface area (Å²) >= 11 is 0. The van der Waals surface area contributed by atoms with Gasteiger partial charge in [0.1, 0.15) is 11.7 Å². The number of ether oxygens (including phenoxy) is 2. The second-order valence-electron chi connectivity index (χ2n) is 4.14. The SMILES string of the molecule is CCOC(=O)C(CC1CCCCO1)C(C)=O. The number of Topliss-reactive ketones (excluding diaryl/α,β-unsaturated/α-hetero) is 1. The molecule has 2 atom stereocenters. The molecule has 1 fully saturated rings. The van der Waals surface area contributed by atoms with E-state index in [1.54, 1.807) is 6.92 Å². The van der Waals surface area contributed by atoms with E-state index in [2.05, 4.69) is 0 Å². The molecule has 4 nitrogen and oxygen atoms in total. The Labute approximate surface area is 96.3 Å². The van der Waals surface area contributed by atoms with Crippen molar-refractivity contribution in [1.82, 2.24) is 0 Å². The molecule has 1 aliphatic heterocycles. The van der Waals surface area contributed by atoms with Crippen LogP contribution in [0, 0.1) is 5.92 Å². The Hall–Kier alpha value is -0.900. The van der Waals surface area contributed by atoms with Crippen molar-refractivity contribution in [3.05, 3.63) is 0 Å². The van der Waals surface area contributed by atoms with Gasteiger partial charge in [-0.15, -0.1) is 0 Å². The van der Waals surface area contributed by atoms with Crippen molar-refractivity contribution in [2.45, 2.75) is 45.6 Å². The van der Waals surface area contributed by atoms with Crippen LogP contribution in [0.5, 0.6) is 0 Å². The number of carbonyl (C=O) groups is 2. The first-order chi connectivity index (χ1) is 7.65. The maximum Gasteiger partial charge on any atom is 0.316 e. The molecule has 1 heterocycles. The van der Waals surface area contributed by atoms with E-state index in [4.69, 9.17) is 9.47 Å². The van der Waals surface area contributed by atoms with Crippen molar-refractivity contribution in [2.24, 2.45) is 5.92 Å². The van der Waals surface area contributed by atoms with Gasteiger partial charge >= 0.3 is 5.97 Å². The summed E-state index contributed by atoms with van der Waals surface area (Å²) in [7, 11) is 0. The molecule has 1 saturated heterocycles. The van der Waals surface area contributed by atoms with Gasteiger partial charge < -0.3 is 9.47 Å². The summed E-state index contributed by atoms with van der Waals surface area (Å²) in [5.41, 5.74) is 0. The molecule has 16 heavy (non-hydrogen) atoms. The van der Waals surface area contributed by atoms with Gasteiger partial charge in [-0.1, -0.05) is 0 Å². The molecular weight excluding hydrogens is 208 g/mol. The summed E-state index contributed by atoms with van der Waals surface area (Å²) in [6, 6.07) is 0. The lowest BCUT2D eigenvalue weighted by Crippen LogP contribution is -2.31. The molecule has 0 N–H and O–H groups in total. The van der Waals surface area contributed by atoms with Crippen LogP contribution in [0.1, 0.15) is 39.5 Å². The fourth-order valence-electron chi connectivity index (χ4n) is 1.93. The summed E-state index contributed by atoms with van der Waals surface area (Å²) in [6.07, 6.45) is 3.61. The van der Waals surface area contributed by atoms with Crippen LogP contribution in [-0.2, 0) is 19.1 Å². The first-order valence-corrected chi connectivity index (χ1v) is 5.93. The van der Waals surface area contributed by atoms with Crippen molar-refractivity contribution in [2.75, 3.05) is 13.2 Å². The highest BCUT2D eigenvalue weighted by Crippen LogP contribution is 2.21. The highest BCUT2D eigenvalue weighted by molar-refractivity contribution is 5.97. The van der Waals surface area contributed by atoms with Gasteiger partial charge in [0, 0.05) is 6.61 Å². The maximum atomic E-state index is 11.6. The number of esters is 1. The lowest BCUT2D eigenvalue weighted by molar-refractivity contribution is -0.153. The van der Waals surface area contributed by atoms with Gasteiger partial charge in [0.2, 0.25) is 0 Å². The predicted octanol–water partition coefficient (Wildman–Crippen LogP) is 1.71. The van der Waals surface area contributed by atoms with Gasteiger partial charge in [0.05, 0.1) is 12.7 Å². The largest absolute Gasteiger partial charge is 0.465 e. The molecule has 92 valence electrons. The van der Waals surface area contributed by atoms with Crippen molar-refractivity contribution in [3.8, 4) is 0 Å². The van der Waals surface area contributed by atoms with E-state index < -0.39 is 11.9 Å². The number of rotatable bonds is 5. The summed E-state index contributed by atoms with van der Waals surface area (Å²) in [6.45, 7) is 4.23. The fraction of sp³-hybridized carbons (Fsp3) is 0.833. The summed E-state index contributed by atoms with van der Waals surface area (Å²) < 4.78 is 10.4. The molecule has 0 aromatic rings. The minimum Gasteiger partial charge on any atom is -0.465 e. The van der Waals surface area contributed by atoms with Crippen LogP contribution in [0.3, 0.4) is 0 Å². The molecule has 0 radical (unpaired) electrons. The highest BCUT2D eigenvalue weighted by Gasteiger charge is 2.29. The van der Waals surface area contributed by atoms with Crippen LogP contribution in [0.15, 0.2) is 0 Å². The second kappa shape index (κ2) is 6.63. The third-order valence-corrected chi connectivity index (χ3v) is 2.83. The molecule has 0 aromatic heterocycles. The normalized spacial score (nSPS) is 22.5. The Morgan fingerprint density at radius 2 is 2.19 bits per heavy atom. The first-order valence-electron chi connectivity index (χ1n) is 5.93. The van der Waals surface area contributed by atoms with E-state index in [-0.39, 0.29) is 11.9 Å². The summed E-state index contributed by atoms with van der Waals surface area (Å²) in [4.78, 5) is 22.9. The molecule has 0 saturated carbocycles. The summed E-state index contributed by atoms with van der Waals surface area (Å²) in [5.74, 6) is -1.19. The van der Waals surface area contributed by atoms with Crippen molar-refractivity contribution in [1.29, 1.82) is 0 Å². The molecule has 0 bridgehead atoms. The van der Waals surface area contributed by atoms with Gasteiger partial charge in [-0.3, -0.25) is 9.59 Å². The van der Waals surface area contributed by atoms with Gasteiger partial charge in [0.15, 0.2) is 0 Å². The fourth-order valence-corrected chi connectivity index (χ4v) is 1.93. The van der Waals surface area contributed by atoms with Crippen LogP contribution >= 0.6 is 0 Å². The standard InChI is InChI=1S/C12H20O4/c1-3-15-12(14)11(9(2)13)8-10-6-4-5-7-16-10/h10-11H,3-8H2,1-2H3. The quantitative estimate of drug-likeness (QED) is 0.531. The lowest BCUT2D eigenvalue weighted by Gasteiger charge is -2.25. The Bertz CT molecular complexity index is 243. The van der Waals surface area contributed by atoms with Gasteiger partial charge in [-0.2, -0.15) is 0 Å². The minimum atomic E-state index is -0.650. The lowest BCUT2D eigenvalue weighted by atomic mass is 9.94. The van der Waals surface area contributed by atoms with E-state index in [0.29, 0.717) is 13.0 Å². The monoisotopic (exact) mass is 228 g/mol. The van der Waals surface area contributed by atoms with Crippen molar-refractivity contribution >= 4 is 11.8 Å². The van der Waals surface area contributed by atoms with Crippen LogP contribution in [0.2, 0.25) is 0 Å². The average molecular weight is 228 g/mol. The zero-order chi connectivity index (χ0) is 12.0. The Morgan fingerprint density at radius 3 is 2.69 bits per heavy atom. The number of carbonyl (C=O) groups excluding carboxylic acids is 2. The second-order valence-corrected chi connectivity index (χ2v) is 4.14. The van der Waals surface area contributed by atoms with E-state index >= 15 is 0 Å². The third kappa shape index (κ3) is 3.93. The topological polar surface area (TPSA) is 52.6 Å². The van der Waals surface area contributed by atoms with Gasteiger partial charge in [0.25, 0.3) is 0 Å². The Morgan fingerprint density at radius 1 is 1.44 bits per heavy atom. The van der Waals surface area contributed by atoms with Crippen LogP contribution in [-0.4, -0.2) is 31.1 Å². The Balaban J connectivity index is 2.49. The molecule has 0 amide bonds. The van der Waals surface area contributed by atoms with Gasteiger partial charge in [-0.05, 0) is 39.5 Å². The van der Waals surface area contributed by atoms with Crippen LogP contribution in [0.4, 0.5) is 0 Å². The van der Waals surface area contributed by atoms with Crippen LogP contribution < -0.4 is 0 Å². The van der Waals surface area contributed by atoms with Crippen LogP contribution in [0.25, 0.3) is 0 Å². The molecule has 1 rings (SSSR count).